The molecule has 124 valence electrons. The van der Waals surface area contributed by atoms with Gasteiger partial charge < -0.3 is 21.8 Å². The number of anilines is 1. The Morgan fingerprint density at radius 3 is 2.78 bits per heavy atom. The lowest BCUT2D eigenvalue weighted by Gasteiger charge is -2.31. The van der Waals surface area contributed by atoms with Gasteiger partial charge in [0.1, 0.15) is 0 Å². The molecular formula is C17H25N5O. The van der Waals surface area contributed by atoms with Crippen molar-refractivity contribution >= 4 is 17.3 Å². The van der Waals surface area contributed by atoms with Gasteiger partial charge in [0.25, 0.3) is 0 Å². The number of hydrogen-bond donors (Lipinski definition) is 3. The number of benzene rings is 1. The first-order valence-electron chi connectivity index (χ1n) is 8.35. The van der Waals surface area contributed by atoms with Crippen molar-refractivity contribution in [2.75, 3.05) is 24.5 Å². The van der Waals surface area contributed by atoms with Crippen LogP contribution in [0.15, 0.2) is 17.2 Å². The molecule has 5 N–H and O–H groups in total. The zero-order chi connectivity index (χ0) is 16.4. The Kier molecular flexibility index (Phi) is 4.63. The average Bonchev–Trinajstić information content (AvgIpc) is 2.89. The van der Waals surface area contributed by atoms with E-state index in [-0.39, 0.29) is 11.9 Å². The molecule has 0 saturated heterocycles. The van der Waals surface area contributed by atoms with E-state index in [1.165, 1.54) is 11.1 Å². The Morgan fingerprint density at radius 1 is 1.35 bits per heavy atom. The summed E-state index contributed by atoms with van der Waals surface area (Å²) in [6.45, 7) is 3.96. The number of carbonyl (C=O) groups excluding carboxylic acids is 1. The van der Waals surface area contributed by atoms with Gasteiger partial charge in [-0.3, -0.25) is 4.79 Å². The summed E-state index contributed by atoms with van der Waals surface area (Å²) in [6.07, 6.45) is 2.89. The Balaban J connectivity index is 2.04. The second kappa shape index (κ2) is 6.68. The lowest BCUT2D eigenvalue weighted by molar-refractivity contribution is -0.117. The number of fused-ring (bicyclic) bond motifs is 2. The van der Waals surface area contributed by atoms with Crippen molar-refractivity contribution in [1.29, 1.82) is 0 Å². The molecule has 0 saturated carbocycles. The fourth-order valence-electron chi connectivity index (χ4n) is 3.38. The summed E-state index contributed by atoms with van der Waals surface area (Å²) in [5.41, 5.74) is 20.1. The zero-order valence-corrected chi connectivity index (χ0v) is 13.6. The third kappa shape index (κ3) is 3.09. The first-order valence-corrected chi connectivity index (χ1v) is 8.35. The normalized spacial score (nSPS) is 21.5. The van der Waals surface area contributed by atoms with Gasteiger partial charge in [-0.1, -0.05) is 0 Å². The highest BCUT2D eigenvalue weighted by Crippen LogP contribution is 2.34. The van der Waals surface area contributed by atoms with E-state index >= 15 is 0 Å². The van der Waals surface area contributed by atoms with Gasteiger partial charge in [-0.15, -0.1) is 0 Å². The first-order chi connectivity index (χ1) is 11.1. The topological polar surface area (TPSA) is 96.7 Å². The molecule has 1 aromatic carbocycles. The van der Waals surface area contributed by atoms with Gasteiger partial charge in [-0.05, 0) is 56.0 Å². The molecule has 0 spiro atoms. The summed E-state index contributed by atoms with van der Waals surface area (Å²) in [4.78, 5) is 14.4. The van der Waals surface area contributed by atoms with Crippen LogP contribution < -0.4 is 21.8 Å². The maximum atomic E-state index is 12.6. The molecule has 1 aliphatic carbocycles. The summed E-state index contributed by atoms with van der Waals surface area (Å²) >= 11 is 0. The van der Waals surface area contributed by atoms with Crippen LogP contribution in [0, 0.1) is 0 Å². The molecule has 6 nitrogen and oxygen atoms in total. The van der Waals surface area contributed by atoms with Crippen molar-refractivity contribution in [2.45, 2.75) is 38.6 Å². The molecular weight excluding hydrogens is 290 g/mol. The summed E-state index contributed by atoms with van der Waals surface area (Å²) in [5.74, 6) is 0.0878. The van der Waals surface area contributed by atoms with E-state index in [0.29, 0.717) is 19.5 Å². The van der Waals surface area contributed by atoms with E-state index in [1.54, 1.807) is 0 Å². The van der Waals surface area contributed by atoms with Gasteiger partial charge in [0.15, 0.2) is 0 Å². The summed E-state index contributed by atoms with van der Waals surface area (Å²) in [5, 5.41) is 4.42. The number of rotatable bonds is 5. The van der Waals surface area contributed by atoms with Crippen LogP contribution in [-0.2, 0) is 17.6 Å². The van der Waals surface area contributed by atoms with Crippen molar-refractivity contribution in [3.05, 3.63) is 28.8 Å². The fourth-order valence-corrected chi connectivity index (χ4v) is 3.38. The molecule has 0 aromatic heterocycles. The van der Waals surface area contributed by atoms with E-state index in [2.05, 4.69) is 22.7 Å². The molecule has 3 rings (SSSR count). The fraction of sp³-hybridized carbons (Fsp3) is 0.529. The molecule has 1 unspecified atom stereocenters. The Labute approximate surface area is 136 Å². The minimum atomic E-state index is 0.0878. The average molecular weight is 315 g/mol. The van der Waals surface area contributed by atoms with Crippen LogP contribution >= 0.6 is 0 Å². The standard InChI is InChI=1S/C17H25N5O/c1-2-20-21-15-10-17(23)22(5-3-4-18)16-9-12-7-13(19)6-11(12)8-14(15)16/h8-9,13,20H,2-7,10,18-19H2,1H3/b21-15+. The largest absolute Gasteiger partial charge is 0.330 e. The number of amides is 1. The minimum Gasteiger partial charge on any atom is -0.330 e. The summed E-state index contributed by atoms with van der Waals surface area (Å²) in [7, 11) is 0. The van der Waals surface area contributed by atoms with E-state index in [9.17, 15) is 4.79 Å². The molecule has 1 amide bonds. The Morgan fingerprint density at radius 2 is 2.09 bits per heavy atom. The van der Waals surface area contributed by atoms with Crippen LogP contribution in [-0.4, -0.2) is 37.3 Å². The smallest absolute Gasteiger partial charge is 0.233 e. The number of nitrogens with zero attached hydrogens (tertiary/aromatic N) is 2. The number of hydrazone groups is 1. The molecule has 23 heavy (non-hydrogen) atoms. The predicted octanol–water partition coefficient (Wildman–Crippen LogP) is 0.512. The van der Waals surface area contributed by atoms with Crippen molar-refractivity contribution in [3.8, 4) is 0 Å². The zero-order valence-electron chi connectivity index (χ0n) is 13.6. The molecule has 1 aliphatic heterocycles. The lowest BCUT2D eigenvalue weighted by Crippen LogP contribution is -2.39. The van der Waals surface area contributed by atoms with Crippen molar-refractivity contribution in [2.24, 2.45) is 16.6 Å². The number of carbonyl (C=O) groups is 1. The first kappa shape index (κ1) is 16.0. The highest BCUT2D eigenvalue weighted by atomic mass is 16.2. The number of hydrogen-bond acceptors (Lipinski definition) is 5. The van der Waals surface area contributed by atoms with Gasteiger partial charge in [0, 0.05) is 24.7 Å². The molecule has 0 fully saturated rings. The van der Waals surface area contributed by atoms with Crippen LogP contribution in [0.5, 0.6) is 0 Å². The molecule has 0 radical (unpaired) electrons. The minimum absolute atomic E-state index is 0.0878. The summed E-state index contributed by atoms with van der Waals surface area (Å²) < 4.78 is 0. The molecule has 2 aliphatic rings. The van der Waals surface area contributed by atoms with Gasteiger partial charge >= 0.3 is 0 Å². The number of nitrogens with one attached hydrogen (secondary N) is 1. The van der Waals surface area contributed by atoms with Gasteiger partial charge in [-0.2, -0.15) is 5.10 Å². The Hall–Kier alpha value is -1.92. The number of nitrogens with two attached hydrogens (primary N) is 2. The second-order valence-electron chi connectivity index (χ2n) is 6.24. The van der Waals surface area contributed by atoms with Crippen LogP contribution in [0.2, 0.25) is 0 Å². The SMILES string of the molecule is CCN/N=C1\CC(=O)N(CCCN)c2cc3c(cc21)CC(N)C3. The van der Waals surface area contributed by atoms with Crippen molar-refractivity contribution in [1.82, 2.24) is 5.43 Å². The summed E-state index contributed by atoms with van der Waals surface area (Å²) in [6, 6.07) is 4.48. The Bertz CT molecular complexity index is 640. The maximum absolute atomic E-state index is 12.6. The third-order valence-electron chi connectivity index (χ3n) is 4.46. The van der Waals surface area contributed by atoms with Crippen LogP contribution in [0.25, 0.3) is 0 Å². The van der Waals surface area contributed by atoms with Crippen LogP contribution in [0.1, 0.15) is 36.5 Å². The van der Waals surface area contributed by atoms with Crippen LogP contribution in [0.3, 0.4) is 0 Å². The molecule has 1 aromatic rings. The second-order valence-corrected chi connectivity index (χ2v) is 6.24. The van der Waals surface area contributed by atoms with Crippen molar-refractivity contribution in [3.63, 3.8) is 0 Å². The molecule has 6 heteroatoms. The van der Waals surface area contributed by atoms with E-state index in [0.717, 1.165) is 42.8 Å². The van der Waals surface area contributed by atoms with E-state index in [1.807, 2.05) is 11.8 Å². The highest BCUT2D eigenvalue weighted by Gasteiger charge is 2.31. The quantitative estimate of drug-likeness (QED) is 0.690. The molecule has 1 heterocycles. The molecule has 1 atom stereocenters. The molecule has 0 bridgehead atoms. The van der Waals surface area contributed by atoms with Crippen molar-refractivity contribution < 1.29 is 4.79 Å². The monoisotopic (exact) mass is 315 g/mol. The van der Waals surface area contributed by atoms with Gasteiger partial charge in [0.2, 0.25) is 5.91 Å². The van der Waals surface area contributed by atoms with E-state index < -0.39 is 0 Å². The van der Waals surface area contributed by atoms with Gasteiger partial charge in [-0.25, -0.2) is 0 Å². The maximum Gasteiger partial charge on any atom is 0.233 e. The predicted molar refractivity (Wildman–Crippen MR) is 92.7 cm³/mol. The highest BCUT2D eigenvalue weighted by molar-refractivity contribution is 6.21. The van der Waals surface area contributed by atoms with Gasteiger partial charge in [0.05, 0.1) is 17.8 Å². The lowest BCUT2D eigenvalue weighted by atomic mass is 9.94. The van der Waals surface area contributed by atoms with E-state index in [4.69, 9.17) is 11.5 Å². The third-order valence-corrected chi connectivity index (χ3v) is 4.46. The van der Waals surface area contributed by atoms with Crippen LogP contribution in [0.4, 0.5) is 5.69 Å².